The Hall–Kier alpha value is -1.23. The van der Waals surface area contributed by atoms with Crippen LogP contribution in [-0.2, 0) is 24.4 Å². The Balaban J connectivity index is 0.00000363. The molecule has 2 N–H and O–H groups in total. The second-order valence-electron chi connectivity index (χ2n) is 8.59. The van der Waals surface area contributed by atoms with Gasteiger partial charge < -0.3 is 15.4 Å². The zero-order valence-electron chi connectivity index (χ0n) is 19.9. The highest BCUT2D eigenvalue weighted by Crippen LogP contribution is 2.19. The number of hydrogen-bond acceptors (Lipinski definition) is 5. The molecule has 1 aromatic carbocycles. The maximum atomic E-state index is 5.88. The number of nitrogens with one attached hydrogen (secondary N) is 2. The largest absolute Gasteiger partial charge is 0.373 e. The van der Waals surface area contributed by atoms with Crippen molar-refractivity contribution in [3.05, 3.63) is 51.5 Å². The summed E-state index contributed by atoms with van der Waals surface area (Å²) in [6, 6.07) is 8.63. The molecule has 1 fully saturated rings. The van der Waals surface area contributed by atoms with E-state index < -0.39 is 0 Å². The first-order valence-corrected chi connectivity index (χ1v) is 12.2. The van der Waals surface area contributed by atoms with Gasteiger partial charge in [0.05, 0.1) is 31.0 Å². The smallest absolute Gasteiger partial charge is 0.191 e. The first kappa shape index (κ1) is 27.0. The summed E-state index contributed by atoms with van der Waals surface area (Å²) in [7, 11) is 0. The molecule has 2 atom stereocenters. The fourth-order valence-corrected chi connectivity index (χ4v) is 4.75. The fourth-order valence-electron chi connectivity index (χ4n) is 3.86. The number of morpholine rings is 1. The molecule has 1 aliphatic rings. The third kappa shape index (κ3) is 8.28. The minimum absolute atomic E-state index is 0. The van der Waals surface area contributed by atoms with Gasteiger partial charge in [0.1, 0.15) is 5.01 Å². The molecule has 178 valence electrons. The van der Waals surface area contributed by atoms with Crippen molar-refractivity contribution in [3.63, 3.8) is 0 Å². The van der Waals surface area contributed by atoms with E-state index in [1.54, 1.807) is 11.3 Å². The Morgan fingerprint density at radius 1 is 1.19 bits per heavy atom. The molecule has 2 unspecified atom stereocenters. The first-order valence-electron chi connectivity index (χ1n) is 11.4. The van der Waals surface area contributed by atoms with E-state index in [0.29, 0.717) is 19.0 Å². The van der Waals surface area contributed by atoms with Gasteiger partial charge in [0.25, 0.3) is 0 Å². The van der Waals surface area contributed by atoms with Gasteiger partial charge in [0.2, 0.25) is 0 Å². The summed E-state index contributed by atoms with van der Waals surface area (Å²) < 4.78 is 5.88. The minimum atomic E-state index is 0. The number of benzene rings is 1. The van der Waals surface area contributed by atoms with Crippen LogP contribution in [0.15, 0.2) is 34.6 Å². The van der Waals surface area contributed by atoms with E-state index in [2.05, 4.69) is 79.8 Å². The third-order valence-corrected chi connectivity index (χ3v) is 6.19. The van der Waals surface area contributed by atoms with Crippen molar-refractivity contribution in [1.29, 1.82) is 0 Å². The molecule has 0 spiro atoms. The Morgan fingerprint density at radius 2 is 1.88 bits per heavy atom. The second kappa shape index (κ2) is 13.5. The topological polar surface area (TPSA) is 61.8 Å². The molecule has 6 nitrogen and oxygen atoms in total. The first-order chi connectivity index (χ1) is 14.9. The van der Waals surface area contributed by atoms with Gasteiger partial charge >= 0.3 is 0 Å². The number of aromatic nitrogens is 1. The van der Waals surface area contributed by atoms with Crippen molar-refractivity contribution in [3.8, 4) is 0 Å². The molecule has 1 aliphatic heterocycles. The molecular weight excluding hydrogens is 533 g/mol. The summed E-state index contributed by atoms with van der Waals surface area (Å²) in [4.78, 5) is 12.0. The van der Waals surface area contributed by atoms with Crippen LogP contribution in [0.3, 0.4) is 0 Å². The molecule has 1 saturated heterocycles. The van der Waals surface area contributed by atoms with Gasteiger partial charge in [-0.05, 0) is 37.8 Å². The van der Waals surface area contributed by atoms with Crippen LogP contribution in [0.1, 0.15) is 62.4 Å². The van der Waals surface area contributed by atoms with Crippen molar-refractivity contribution < 1.29 is 4.74 Å². The molecule has 0 aliphatic carbocycles. The van der Waals surface area contributed by atoms with E-state index in [4.69, 9.17) is 14.7 Å². The van der Waals surface area contributed by atoms with Gasteiger partial charge in [-0.2, -0.15) is 0 Å². The van der Waals surface area contributed by atoms with Crippen LogP contribution < -0.4 is 10.6 Å². The molecule has 0 amide bonds. The number of rotatable bonds is 8. The molecule has 3 rings (SSSR count). The average Bonchev–Trinajstić information content (AvgIpc) is 3.20. The highest BCUT2D eigenvalue weighted by Gasteiger charge is 2.22. The second-order valence-corrected chi connectivity index (χ2v) is 9.53. The van der Waals surface area contributed by atoms with Gasteiger partial charge in [-0.3, -0.25) is 4.90 Å². The summed E-state index contributed by atoms with van der Waals surface area (Å²) in [6.07, 6.45) is 0.557. The summed E-state index contributed by atoms with van der Waals surface area (Å²) in [5.41, 5.74) is 3.76. The van der Waals surface area contributed by atoms with Gasteiger partial charge in [-0.1, -0.05) is 38.1 Å². The molecule has 8 heteroatoms. The molecule has 2 heterocycles. The van der Waals surface area contributed by atoms with Gasteiger partial charge in [0.15, 0.2) is 5.96 Å². The van der Waals surface area contributed by atoms with Crippen molar-refractivity contribution in [2.45, 2.75) is 72.4 Å². The normalized spacial score (nSPS) is 19.6. The number of halogens is 1. The van der Waals surface area contributed by atoms with Gasteiger partial charge in [0, 0.05) is 31.6 Å². The number of thiazole rings is 1. The summed E-state index contributed by atoms with van der Waals surface area (Å²) >= 11 is 1.70. The van der Waals surface area contributed by atoms with E-state index in [1.807, 2.05) is 0 Å². The maximum Gasteiger partial charge on any atom is 0.191 e. The van der Waals surface area contributed by atoms with E-state index in [-0.39, 0.29) is 36.2 Å². The fraction of sp³-hybridized carbons (Fsp3) is 0.583. The van der Waals surface area contributed by atoms with Crippen LogP contribution in [0.4, 0.5) is 0 Å². The summed E-state index contributed by atoms with van der Waals surface area (Å²) in [5.74, 6) is 1.29. The quantitative estimate of drug-likeness (QED) is 0.272. The third-order valence-electron chi connectivity index (χ3n) is 5.33. The Kier molecular flexibility index (Phi) is 11.4. The average molecular weight is 572 g/mol. The van der Waals surface area contributed by atoms with Crippen molar-refractivity contribution >= 4 is 41.3 Å². The molecule has 2 aromatic rings. The number of nitrogens with zero attached hydrogens (tertiary/aromatic N) is 3. The highest BCUT2D eigenvalue weighted by molar-refractivity contribution is 14.0. The molecule has 0 saturated carbocycles. The molecular formula is C24H38IN5OS. The van der Waals surface area contributed by atoms with Gasteiger partial charge in [-0.25, -0.2) is 9.98 Å². The standard InChI is InChI=1S/C24H37N5OS.HI/c1-6-25-24(27-12-23-28-22(16-31-23)17(2)3)26-11-20-9-7-8-10-21(20)15-29-13-18(4)30-19(5)14-29;/h7-10,16-19H,6,11-15H2,1-5H3,(H2,25,26,27);1H. The predicted molar refractivity (Wildman–Crippen MR) is 145 cm³/mol. The van der Waals surface area contributed by atoms with Crippen LogP contribution in [0.5, 0.6) is 0 Å². The van der Waals surface area contributed by atoms with Crippen LogP contribution in [0.2, 0.25) is 0 Å². The van der Waals surface area contributed by atoms with Crippen LogP contribution in [-0.4, -0.2) is 47.7 Å². The molecule has 0 bridgehead atoms. The molecule has 1 aromatic heterocycles. The lowest BCUT2D eigenvalue weighted by Crippen LogP contribution is -2.44. The predicted octanol–water partition coefficient (Wildman–Crippen LogP) is 4.75. The maximum absolute atomic E-state index is 5.88. The molecule has 0 radical (unpaired) electrons. The van der Waals surface area contributed by atoms with Crippen molar-refractivity contribution in [1.82, 2.24) is 20.5 Å². The summed E-state index contributed by atoms with van der Waals surface area (Å²) in [5, 5.41) is 10.0. The van der Waals surface area contributed by atoms with E-state index in [0.717, 1.165) is 42.8 Å². The lowest BCUT2D eigenvalue weighted by atomic mass is 10.1. The summed E-state index contributed by atoms with van der Waals surface area (Å²) in [6.45, 7) is 15.8. The highest BCUT2D eigenvalue weighted by atomic mass is 127. The Morgan fingerprint density at radius 3 is 2.50 bits per heavy atom. The van der Waals surface area contributed by atoms with E-state index in [9.17, 15) is 0 Å². The monoisotopic (exact) mass is 571 g/mol. The molecule has 32 heavy (non-hydrogen) atoms. The SMILES string of the molecule is CCNC(=NCc1ccccc1CN1CC(C)OC(C)C1)NCc1nc(C(C)C)cs1.I. The zero-order valence-corrected chi connectivity index (χ0v) is 23.1. The lowest BCUT2D eigenvalue weighted by molar-refractivity contribution is -0.0705. The van der Waals surface area contributed by atoms with Crippen LogP contribution in [0.25, 0.3) is 0 Å². The van der Waals surface area contributed by atoms with Crippen molar-refractivity contribution in [2.24, 2.45) is 4.99 Å². The van der Waals surface area contributed by atoms with E-state index >= 15 is 0 Å². The van der Waals surface area contributed by atoms with E-state index in [1.165, 1.54) is 11.1 Å². The van der Waals surface area contributed by atoms with Crippen molar-refractivity contribution in [2.75, 3.05) is 19.6 Å². The van der Waals surface area contributed by atoms with Gasteiger partial charge in [-0.15, -0.1) is 35.3 Å². The lowest BCUT2D eigenvalue weighted by Gasteiger charge is -2.35. The number of aliphatic imine (C=N–C) groups is 1. The number of ether oxygens (including phenoxy) is 1. The Labute approximate surface area is 214 Å². The zero-order chi connectivity index (χ0) is 22.2. The number of guanidine groups is 1. The van der Waals surface area contributed by atoms with Crippen LogP contribution in [0, 0.1) is 0 Å². The Bertz CT molecular complexity index is 846. The minimum Gasteiger partial charge on any atom is -0.373 e. The number of hydrogen-bond donors (Lipinski definition) is 2. The van der Waals surface area contributed by atoms with Crippen LogP contribution >= 0.6 is 35.3 Å².